The number of fused-ring (bicyclic) bond motifs is 5. The molecule has 3 heteroatoms. The Morgan fingerprint density at radius 1 is 1.04 bits per heavy atom. The molecule has 0 bridgehead atoms. The smallest absolute Gasteiger partial charge is 0.306 e. The summed E-state index contributed by atoms with van der Waals surface area (Å²) in [5, 5.41) is 0. The summed E-state index contributed by atoms with van der Waals surface area (Å²) in [6.45, 7) is 5.73. The second kappa shape index (κ2) is 5.75. The molecule has 8 atom stereocenters. The SMILES string of the molecule is C[C@]12CC[C@H]3[C@@H](CCC4CCC=C(N)[C@@]43C)[C@H]1CC[C@@H]2[C@@H]1COC(=O)C1. The molecule has 26 heavy (non-hydrogen) atoms. The van der Waals surface area contributed by atoms with Crippen molar-refractivity contribution in [1.29, 1.82) is 0 Å². The fourth-order valence-corrected chi connectivity index (χ4v) is 8.59. The number of carbonyl (C=O) groups excluding carboxylic acids is 1. The maximum Gasteiger partial charge on any atom is 0.306 e. The second-order valence-corrected chi connectivity index (χ2v) is 10.5. The topological polar surface area (TPSA) is 52.3 Å². The Morgan fingerprint density at radius 3 is 2.62 bits per heavy atom. The Kier molecular flexibility index (Phi) is 3.79. The Balaban J connectivity index is 1.44. The van der Waals surface area contributed by atoms with Crippen molar-refractivity contribution in [1.82, 2.24) is 0 Å². The highest BCUT2D eigenvalue weighted by Gasteiger charge is 2.61. The number of nitrogens with two attached hydrogens (primary N) is 1. The Hall–Kier alpha value is -0.990. The molecule has 0 radical (unpaired) electrons. The number of ether oxygens (including phenoxy) is 1. The molecule has 1 unspecified atom stereocenters. The van der Waals surface area contributed by atoms with Crippen LogP contribution in [0.5, 0.6) is 0 Å². The van der Waals surface area contributed by atoms with Gasteiger partial charge in [-0.15, -0.1) is 0 Å². The van der Waals surface area contributed by atoms with Gasteiger partial charge in [0, 0.05) is 17.0 Å². The van der Waals surface area contributed by atoms with Gasteiger partial charge in [0.1, 0.15) is 0 Å². The van der Waals surface area contributed by atoms with E-state index >= 15 is 0 Å². The molecule has 0 amide bonds. The molecule has 2 N–H and O–H groups in total. The van der Waals surface area contributed by atoms with Gasteiger partial charge in [0.05, 0.1) is 13.0 Å². The number of hydrogen-bond donors (Lipinski definition) is 1. The first-order valence-corrected chi connectivity index (χ1v) is 11.1. The molecule has 5 aliphatic rings. The maximum absolute atomic E-state index is 11.7. The molecule has 0 aromatic rings. The van der Waals surface area contributed by atoms with Gasteiger partial charge in [-0.3, -0.25) is 4.79 Å². The van der Waals surface area contributed by atoms with E-state index in [4.69, 9.17) is 10.5 Å². The van der Waals surface area contributed by atoms with Crippen LogP contribution < -0.4 is 5.73 Å². The molecule has 5 rings (SSSR count). The van der Waals surface area contributed by atoms with E-state index in [2.05, 4.69) is 19.9 Å². The fraction of sp³-hybridized carbons (Fsp3) is 0.870. The molecule has 144 valence electrons. The Bertz CT molecular complexity index is 642. The average Bonchev–Trinajstić information content (AvgIpc) is 3.18. The molecular formula is C23H35NO2. The van der Waals surface area contributed by atoms with Gasteiger partial charge in [-0.25, -0.2) is 0 Å². The number of cyclic esters (lactones) is 1. The van der Waals surface area contributed by atoms with Crippen LogP contribution in [-0.4, -0.2) is 12.6 Å². The van der Waals surface area contributed by atoms with Crippen molar-refractivity contribution in [3.8, 4) is 0 Å². The van der Waals surface area contributed by atoms with Crippen molar-refractivity contribution >= 4 is 5.97 Å². The summed E-state index contributed by atoms with van der Waals surface area (Å²) in [6, 6.07) is 0. The largest absolute Gasteiger partial charge is 0.465 e. The summed E-state index contributed by atoms with van der Waals surface area (Å²) in [5.41, 5.74) is 8.51. The first-order valence-electron chi connectivity index (χ1n) is 11.1. The van der Waals surface area contributed by atoms with Crippen molar-refractivity contribution in [3.63, 3.8) is 0 Å². The fourth-order valence-electron chi connectivity index (χ4n) is 8.59. The lowest BCUT2D eigenvalue weighted by atomic mass is 9.45. The van der Waals surface area contributed by atoms with E-state index in [-0.39, 0.29) is 11.4 Å². The average molecular weight is 358 g/mol. The van der Waals surface area contributed by atoms with E-state index in [1.165, 1.54) is 57.1 Å². The van der Waals surface area contributed by atoms with Gasteiger partial charge in [-0.05, 0) is 86.4 Å². The lowest BCUT2D eigenvalue weighted by Gasteiger charge is -2.60. The summed E-state index contributed by atoms with van der Waals surface area (Å²) < 4.78 is 5.35. The van der Waals surface area contributed by atoms with E-state index in [1.807, 2.05) is 0 Å². The van der Waals surface area contributed by atoms with E-state index in [0.717, 1.165) is 23.7 Å². The maximum atomic E-state index is 11.7. The predicted molar refractivity (Wildman–Crippen MR) is 102 cm³/mol. The standard InChI is InChI=1S/C23H35NO2/c1-22-11-10-19-16(7-6-15-4-3-5-20(24)23(15,19)2)18(22)9-8-17(22)14-12-21(25)26-13-14/h5,14-19H,3-4,6-13,24H2,1-2H3/t14-,15?,16-,17+,18+,19-,22+,23-/m0/s1. The molecule has 0 aromatic carbocycles. The molecule has 4 fully saturated rings. The van der Waals surface area contributed by atoms with Crippen molar-refractivity contribution in [2.75, 3.05) is 6.61 Å². The van der Waals surface area contributed by atoms with Crippen LogP contribution in [0.2, 0.25) is 0 Å². The number of carbonyl (C=O) groups is 1. The third-order valence-corrected chi connectivity index (χ3v) is 9.93. The van der Waals surface area contributed by atoms with Crippen molar-refractivity contribution in [2.45, 2.75) is 71.6 Å². The molecule has 3 saturated carbocycles. The molecule has 0 spiro atoms. The van der Waals surface area contributed by atoms with Crippen molar-refractivity contribution in [2.24, 2.45) is 52.1 Å². The molecule has 1 aliphatic heterocycles. The molecule has 1 heterocycles. The van der Waals surface area contributed by atoms with Gasteiger partial charge in [-0.2, -0.15) is 0 Å². The van der Waals surface area contributed by atoms with Gasteiger partial charge in [0.25, 0.3) is 0 Å². The zero-order chi connectivity index (χ0) is 18.1. The highest BCUT2D eigenvalue weighted by atomic mass is 16.5. The molecule has 3 nitrogen and oxygen atoms in total. The molecular weight excluding hydrogens is 322 g/mol. The minimum atomic E-state index is 0.0314. The van der Waals surface area contributed by atoms with E-state index < -0.39 is 0 Å². The number of allylic oxidation sites excluding steroid dienone is 2. The number of esters is 1. The third kappa shape index (κ3) is 2.15. The van der Waals surface area contributed by atoms with Crippen molar-refractivity contribution in [3.05, 3.63) is 11.8 Å². The van der Waals surface area contributed by atoms with Gasteiger partial charge in [0.2, 0.25) is 0 Å². The molecule has 1 saturated heterocycles. The van der Waals surface area contributed by atoms with Crippen LogP contribution in [0.15, 0.2) is 11.8 Å². The molecule has 0 aromatic heterocycles. The molecule has 4 aliphatic carbocycles. The van der Waals surface area contributed by atoms with Crippen LogP contribution in [-0.2, 0) is 9.53 Å². The predicted octanol–water partition coefficient (Wildman–Crippen LogP) is 4.66. The summed E-state index contributed by atoms with van der Waals surface area (Å²) in [5.74, 6) is 4.43. The minimum Gasteiger partial charge on any atom is -0.465 e. The monoisotopic (exact) mass is 357 g/mol. The van der Waals surface area contributed by atoms with Crippen molar-refractivity contribution < 1.29 is 9.53 Å². The van der Waals surface area contributed by atoms with Crippen LogP contribution in [0.25, 0.3) is 0 Å². The lowest BCUT2D eigenvalue weighted by molar-refractivity contribution is -0.137. The number of hydrogen-bond acceptors (Lipinski definition) is 3. The Labute approximate surface area is 158 Å². The summed E-state index contributed by atoms with van der Waals surface area (Å²) >= 11 is 0. The van der Waals surface area contributed by atoms with Crippen LogP contribution in [0, 0.1) is 46.3 Å². The summed E-state index contributed by atoms with van der Waals surface area (Å²) in [6.07, 6.45) is 13.6. The highest BCUT2D eigenvalue weighted by molar-refractivity contribution is 5.71. The summed E-state index contributed by atoms with van der Waals surface area (Å²) in [7, 11) is 0. The summed E-state index contributed by atoms with van der Waals surface area (Å²) in [4.78, 5) is 11.7. The van der Waals surface area contributed by atoms with Crippen LogP contribution in [0.1, 0.15) is 71.6 Å². The van der Waals surface area contributed by atoms with Gasteiger partial charge in [-0.1, -0.05) is 19.9 Å². The van der Waals surface area contributed by atoms with E-state index in [0.29, 0.717) is 30.3 Å². The van der Waals surface area contributed by atoms with Crippen LogP contribution >= 0.6 is 0 Å². The minimum absolute atomic E-state index is 0.0314. The number of rotatable bonds is 1. The van der Waals surface area contributed by atoms with Gasteiger partial charge < -0.3 is 10.5 Å². The zero-order valence-electron chi connectivity index (χ0n) is 16.5. The first-order chi connectivity index (χ1) is 12.4. The Morgan fingerprint density at radius 2 is 1.85 bits per heavy atom. The van der Waals surface area contributed by atoms with Gasteiger partial charge in [0.15, 0.2) is 0 Å². The lowest BCUT2D eigenvalue weighted by Crippen LogP contribution is -2.54. The van der Waals surface area contributed by atoms with Gasteiger partial charge >= 0.3 is 5.97 Å². The van der Waals surface area contributed by atoms with Crippen LogP contribution in [0.4, 0.5) is 0 Å². The second-order valence-electron chi connectivity index (χ2n) is 10.5. The normalized spacial score (nSPS) is 53.3. The van der Waals surface area contributed by atoms with Crippen LogP contribution in [0.3, 0.4) is 0 Å². The van der Waals surface area contributed by atoms with E-state index in [9.17, 15) is 4.79 Å². The third-order valence-electron chi connectivity index (χ3n) is 9.93. The highest BCUT2D eigenvalue weighted by Crippen LogP contribution is 2.68. The zero-order valence-corrected chi connectivity index (χ0v) is 16.5. The first kappa shape index (κ1) is 17.1. The van der Waals surface area contributed by atoms with E-state index in [1.54, 1.807) is 0 Å². The quantitative estimate of drug-likeness (QED) is 0.694.